The minimum atomic E-state index is -1.41. The smallest absolute Gasteiger partial charge is 0.352 e. The molecule has 2 aliphatic rings. The third-order valence-corrected chi connectivity index (χ3v) is 5.89. The van der Waals surface area contributed by atoms with Crippen molar-refractivity contribution in [2.75, 3.05) is 12.4 Å². The number of nitrogens with two attached hydrogens (primary N) is 1. The van der Waals surface area contributed by atoms with Crippen LogP contribution in [0.2, 0.25) is 0 Å². The molecule has 0 aromatic heterocycles. The Morgan fingerprint density at radius 3 is 2.50 bits per heavy atom. The first kappa shape index (κ1) is 24.9. The number of nitrogens with one attached hydrogen (secondary N) is 1. The number of amides is 2. The molecule has 0 spiro atoms. The first-order valence-corrected chi connectivity index (χ1v) is 10.3. The van der Waals surface area contributed by atoms with E-state index in [4.69, 9.17) is 20.7 Å². The summed E-state index contributed by atoms with van der Waals surface area (Å²) in [5, 5.41) is 28.6. The number of carbonyl (C=O) groups excluding carboxylic acids is 3. The average Bonchev–Trinajstić information content (AvgIpc) is 2.73. The van der Waals surface area contributed by atoms with Gasteiger partial charge in [-0.05, 0) is 12.8 Å². The van der Waals surface area contributed by atoms with Crippen molar-refractivity contribution in [2.45, 2.75) is 36.7 Å². The van der Waals surface area contributed by atoms with Crippen molar-refractivity contribution >= 4 is 47.5 Å². The molecule has 2 amide bonds. The molecule has 6 N–H and O–H groups in total. The van der Waals surface area contributed by atoms with Crippen LogP contribution < -0.4 is 11.1 Å². The second-order valence-corrected chi connectivity index (χ2v) is 7.93. The number of ether oxygens (including phenoxy) is 1. The maximum absolute atomic E-state index is 12.5. The molecule has 174 valence electrons. The fraction of sp³-hybridized carbons (Fsp3) is 0.444. The van der Waals surface area contributed by atoms with Crippen LogP contribution in [0.1, 0.15) is 19.3 Å². The van der Waals surface area contributed by atoms with E-state index in [1.54, 1.807) is 0 Å². The average molecular weight is 471 g/mol. The maximum Gasteiger partial charge on any atom is 0.352 e. The minimum absolute atomic E-state index is 0.0468. The molecule has 0 bridgehead atoms. The number of fused-ring (bicyclic) bond motifs is 1. The number of carboxylic acids is 3. The number of nitrogens with zero attached hydrogens (tertiary/aromatic N) is 1. The Morgan fingerprint density at radius 2 is 1.91 bits per heavy atom. The van der Waals surface area contributed by atoms with Crippen molar-refractivity contribution in [3.63, 3.8) is 0 Å². The van der Waals surface area contributed by atoms with Gasteiger partial charge in [0, 0.05) is 29.9 Å². The van der Waals surface area contributed by atoms with Gasteiger partial charge in [0.2, 0.25) is 5.91 Å². The van der Waals surface area contributed by atoms with Crippen molar-refractivity contribution in [3.8, 4) is 0 Å². The Morgan fingerprint density at radius 1 is 1.22 bits per heavy atom. The molecule has 14 heteroatoms. The van der Waals surface area contributed by atoms with E-state index in [9.17, 15) is 33.9 Å². The molecule has 13 nitrogen and oxygen atoms in total. The van der Waals surface area contributed by atoms with E-state index in [-0.39, 0.29) is 36.3 Å². The number of esters is 1. The van der Waals surface area contributed by atoms with Crippen molar-refractivity contribution in [1.82, 2.24) is 10.2 Å². The van der Waals surface area contributed by atoms with Crippen LogP contribution in [0.25, 0.3) is 0 Å². The highest BCUT2D eigenvalue weighted by molar-refractivity contribution is 8.00. The van der Waals surface area contributed by atoms with Crippen LogP contribution in [0.3, 0.4) is 0 Å². The second kappa shape index (κ2) is 10.8. The summed E-state index contributed by atoms with van der Waals surface area (Å²) in [7, 11) is 0. The van der Waals surface area contributed by atoms with Crippen LogP contribution in [0.4, 0.5) is 0 Å². The van der Waals surface area contributed by atoms with Gasteiger partial charge in [0.25, 0.3) is 5.91 Å². The van der Waals surface area contributed by atoms with Crippen LogP contribution in [0.15, 0.2) is 23.4 Å². The van der Waals surface area contributed by atoms with E-state index >= 15 is 0 Å². The Hall–Kier alpha value is -3.39. The van der Waals surface area contributed by atoms with Gasteiger partial charge in [0.15, 0.2) is 0 Å². The normalized spacial score (nSPS) is 20.9. The lowest BCUT2D eigenvalue weighted by atomic mass is 10.0. The van der Waals surface area contributed by atoms with E-state index in [1.807, 2.05) is 0 Å². The third-order valence-electron chi connectivity index (χ3n) is 4.55. The summed E-state index contributed by atoms with van der Waals surface area (Å²) in [6, 6.07) is -2.04. The van der Waals surface area contributed by atoms with Gasteiger partial charge in [-0.25, -0.2) is 14.4 Å². The zero-order chi connectivity index (χ0) is 24.0. The van der Waals surface area contributed by atoms with Gasteiger partial charge in [-0.15, -0.1) is 11.8 Å². The molecule has 0 saturated carbocycles. The number of carboxylic acid groups (broad SMARTS) is 3. The second-order valence-electron chi connectivity index (χ2n) is 6.83. The molecule has 0 radical (unpaired) electrons. The number of thioether (sulfide) groups is 1. The minimum Gasteiger partial charge on any atom is -0.480 e. The van der Waals surface area contributed by atoms with Crippen LogP contribution in [-0.2, 0) is 33.5 Å². The van der Waals surface area contributed by atoms with E-state index in [2.05, 4.69) is 5.32 Å². The summed E-state index contributed by atoms with van der Waals surface area (Å²) in [6.45, 7) is -0.450. The van der Waals surface area contributed by atoms with Gasteiger partial charge in [0.05, 0.1) is 0 Å². The van der Waals surface area contributed by atoms with Crippen molar-refractivity contribution in [1.29, 1.82) is 0 Å². The predicted octanol–water partition coefficient (Wildman–Crippen LogP) is -1.51. The molecule has 1 unspecified atom stereocenters. The van der Waals surface area contributed by atoms with Crippen LogP contribution in [0, 0.1) is 0 Å². The monoisotopic (exact) mass is 471 g/mol. The highest BCUT2D eigenvalue weighted by Crippen LogP contribution is 2.40. The van der Waals surface area contributed by atoms with Crippen molar-refractivity contribution < 1.29 is 48.8 Å². The molecular weight excluding hydrogens is 450 g/mol. The lowest BCUT2D eigenvalue weighted by molar-refractivity contribution is -0.151. The SMILES string of the molecule is NC(CCCC(=O)N[C@@H]1C(=O)N2C(C(=O)O)=C(COC(=O)C=CC(=O)O)CS[C@@H]12)C(=O)O. The zero-order valence-electron chi connectivity index (χ0n) is 16.6. The molecule has 1 fully saturated rings. The molecule has 0 aromatic rings. The third kappa shape index (κ3) is 6.07. The van der Waals surface area contributed by atoms with Gasteiger partial charge in [-0.2, -0.15) is 0 Å². The summed E-state index contributed by atoms with van der Waals surface area (Å²) in [6.07, 6.45) is 1.48. The Bertz CT molecular complexity index is 899. The number of hydrogen-bond donors (Lipinski definition) is 5. The molecule has 0 aliphatic carbocycles. The highest BCUT2D eigenvalue weighted by Gasteiger charge is 2.54. The highest BCUT2D eigenvalue weighted by atomic mass is 32.2. The summed E-state index contributed by atoms with van der Waals surface area (Å²) in [5.41, 5.74) is 5.16. The number of β-lactam (4-membered cyclic amide) rings is 1. The van der Waals surface area contributed by atoms with Crippen LogP contribution >= 0.6 is 11.8 Å². The van der Waals surface area contributed by atoms with Gasteiger partial charge >= 0.3 is 23.9 Å². The Labute approximate surface area is 185 Å². The molecule has 3 atom stereocenters. The summed E-state index contributed by atoms with van der Waals surface area (Å²) in [5.74, 6) is -5.97. The van der Waals surface area contributed by atoms with Gasteiger partial charge in [0.1, 0.15) is 29.8 Å². The summed E-state index contributed by atoms with van der Waals surface area (Å²) < 4.78 is 4.84. The lowest BCUT2D eigenvalue weighted by Gasteiger charge is -2.49. The summed E-state index contributed by atoms with van der Waals surface area (Å²) >= 11 is 1.17. The van der Waals surface area contributed by atoms with E-state index < -0.39 is 59.8 Å². The van der Waals surface area contributed by atoms with Crippen LogP contribution in [0.5, 0.6) is 0 Å². The molecule has 32 heavy (non-hydrogen) atoms. The van der Waals surface area contributed by atoms with Gasteiger partial charge in [-0.1, -0.05) is 0 Å². The Kier molecular flexibility index (Phi) is 8.37. The van der Waals surface area contributed by atoms with Crippen molar-refractivity contribution in [2.24, 2.45) is 5.73 Å². The number of rotatable bonds is 11. The molecule has 2 heterocycles. The molecule has 2 rings (SSSR count). The van der Waals surface area contributed by atoms with Crippen molar-refractivity contribution in [3.05, 3.63) is 23.4 Å². The first-order valence-electron chi connectivity index (χ1n) is 9.28. The fourth-order valence-electron chi connectivity index (χ4n) is 2.99. The largest absolute Gasteiger partial charge is 0.480 e. The molecular formula is C18H21N3O10S. The number of aliphatic carboxylic acids is 3. The zero-order valence-corrected chi connectivity index (χ0v) is 17.4. The predicted molar refractivity (Wildman–Crippen MR) is 107 cm³/mol. The number of carbonyl (C=O) groups is 6. The quantitative estimate of drug-likeness (QED) is 0.132. The maximum atomic E-state index is 12.5. The lowest BCUT2D eigenvalue weighted by Crippen LogP contribution is -2.70. The van der Waals surface area contributed by atoms with Gasteiger partial charge < -0.3 is 31.1 Å². The topological polar surface area (TPSA) is 214 Å². The molecule has 2 aliphatic heterocycles. The first-order chi connectivity index (χ1) is 15.0. The standard InChI is InChI=1S/C18H21N3O10S/c19-9(17(27)28)2-1-3-10(22)20-13-15(26)21-14(18(29)30)8(7-32-16(13)21)6-31-12(25)5-4-11(23)24/h4-5,9,13,16H,1-3,6-7,19H2,(H,20,22)(H,23,24)(H,27,28)(H,29,30)/t9?,13-,16+/m1/s1. The van der Waals surface area contributed by atoms with Crippen LogP contribution in [-0.4, -0.2) is 85.7 Å². The fourth-order valence-corrected chi connectivity index (χ4v) is 4.32. The number of hydrogen-bond acceptors (Lipinski definition) is 9. The Balaban J connectivity index is 1.97. The molecule has 0 aromatic carbocycles. The molecule has 1 saturated heterocycles. The van der Waals surface area contributed by atoms with E-state index in [0.29, 0.717) is 12.2 Å². The van der Waals surface area contributed by atoms with E-state index in [0.717, 1.165) is 4.90 Å². The van der Waals surface area contributed by atoms with E-state index in [1.165, 1.54) is 11.8 Å². The summed E-state index contributed by atoms with van der Waals surface area (Å²) in [4.78, 5) is 69.9. The van der Waals surface area contributed by atoms with Gasteiger partial charge in [-0.3, -0.25) is 19.3 Å².